The summed E-state index contributed by atoms with van der Waals surface area (Å²) in [7, 11) is 0. The van der Waals surface area contributed by atoms with Gasteiger partial charge in [0.2, 0.25) is 0 Å². The smallest absolute Gasteiger partial charge is 0.260 e. The Bertz CT molecular complexity index is 589. The minimum absolute atomic E-state index is 0.121. The number of hydrogen-bond acceptors (Lipinski definition) is 4. The summed E-state index contributed by atoms with van der Waals surface area (Å²) >= 11 is 8.77. The highest BCUT2D eigenvalue weighted by atomic mass is 79.9. The van der Waals surface area contributed by atoms with Crippen LogP contribution in [0.5, 0.6) is 5.75 Å². The Morgan fingerprint density at radius 1 is 1.33 bits per heavy atom. The van der Waals surface area contributed by atoms with Gasteiger partial charge in [0.25, 0.3) is 5.91 Å². The highest BCUT2D eigenvalue weighted by Gasteiger charge is 2.12. The topological polar surface area (TPSA) is 75.1 Å². The maximum Gasteiger partial charge on any atom is 0.260 e. The van der Waals surface area contributed by atoms with Gasteiger partial charge >= 0.3 is 0 Å². The van der Waals surface area contributed by atoms with Crippen LogP contribution in [0.3, 0.4) is 0 Å². The molecule has 7 heteroatoms. The van der Waals surface area contributed by atoms with E-state index in [0.717, 1.165) is 0 Å². The van der Waals surface area contributed by atoms with Gasteiger partial charge in [-0.15, -0.1) is 0 Å². The summed E-state index contributed by atoms with van der Waals surface area (Å²) in [6.45, 7) is 0. The molecule has 0 aliphatic carbocycles. The lowest BCUT2D eigenvalue weighted by molar-refractivity contribution is 0.102. The van der Waals surface area contributed by atoms with E-state index in [1.807, 2.05) is 0 Å². The van der Waals surface area contributed by atoms with Gasteiger partial charge in [0, 0.05) is 4.47 Å². The van der Waals surface area contributed by atoms with Crippen molar-refractivity contribution in [3.63, 3.8) is 0 Å². The Labute approximate surface area is 116 Å². The molecule has 2 aromatic rings. The van der Waals surface area contributed by atoms with E-state index in [1.165, 1.54) is 24.5 Å². The van der Waals surface area contributed by atoms with Gasteiger partial charge in [0.15, 0.2) is 5.82 Å². The second kappa shape index (κ2) is 5.32. The Hall–Kier alpha value is -1.66. The van der Waals surface area contributed by atoms with Crippen LogP contribution in [0.15, 0.2) is 35.1 Å². The molecule has 2 N–H and O–H groups in total. The molecule has 0 saturated heterocycles. The SMILES string of the molecule is O=C(Nc1cnc(Cl)cn1)c1ccc(Br)cc1O. The minimum atomic E-state index is -0.475. The molecule has 1 aromatic carbocycles. The van der Waals surface area contributed by atoms with Gasteiger partial charge in [-0.25, -0.2) is 9.97 Å². The predicted molar refractivity (Wildman–Crippen MR) is 70.8 cm³/mol. The standard InChI is InChI=1S/C11H7BrClN3O2/c12-6-1-2-7(8(17)3-6)11(18)16-10-5-14-9(13)4-15-10/h1-5,17H,(H,15,16,18). The van der Waals surface area contributed by atoms with Crippen molar-refractivity contribution in [2.24, 2.45) is 0 Å². The van der Waals surface area contributed by atoms with Crippen LogP contribution >= 0.6 is 27.5 Å². The minimum Gasteiger partial charge on any atom is -0.507 e. The Balaban J connectivity index is 2.19. The summed E-state index contributed by atoms with van der Waals surface area (Å²) in [4.78, 5) is 19.5. The summed E-state index contributed by atoms with van der Waals surface area (Å²) in [5.41, 5.74) is 0.148. The van der Waals surface area contributed by atoms with Crippen molar-refractivity contribution < 1.29 is 9.90 Å². The quantitative estimate of drug-likeness (QED) is 0.889. The number of hydrogen-bond donors (Lipinski definition) is 2. The maximum absolute atomic E-state index is 11.8. The van der Waals surface area contributed by atoms with Crippen LogP contribution < -0.4 is 5.32 Å². The van der Waals surface area contributed by atoms with Gasteiger partial charge in [-0.2, -0.15) is 0 Å². The summed E-state index contributed by atoms with van der Waals surface area (Å²) < 4.78 is 0.683. The first kappa shape index (κ1) is 12.8. The molecule has 0 atom stereocenters. The van der Waals surface area contributed by atoms with Gasteiger partial charge in [0.05, 0.1) is 18.0 Å². The fraction of sp³-hybridized carbons (Fsp3) is 0. The average molecular weight is 329 g/mol. The van der Waals surface area contributed by atoms with Crippen LogP contribution in [-0.2, 0) is 0 Å². The molecule has 92 valence electrons. The Morgan fingerprint density at radius 3 is 2.72 bits per heavy atom. The fourth-order valence-corrected chi connectivity index (χ4v) is 1.70. The number of phenolic OH excluding ortho intramolecular Hbond substituents is 1. The number of benzene rings is 1. The number of rotatable bonds is 2. The molecular weight excluding hydrogens is 321 g/mol. The molecule has 1 heterocycles. The summed E-state index contributed by atoms with van der Waals surface area (Å²) in [5, 5.41) is 12.4. The molecule has 2 rings (SSSR count). The summed E-state index contributed by atoms with van der Waals surface area (Å²) in [6, 6.07) is 4.59. The first-order valence-electron chi connectivity index (χ1n) is 4.83. The van der Waals surface area contributed by atoms with E-state index in [2.05, 4.69) is 31.2 Å². The number of nitrogens with one attached hydrogen (secondary N) is 1. The Kier molecular flexibility index (Phi) is 3.78. The third kappa shape index (κ3) is 2.96. The Morgan fingerprint density at radius 2 is 2.11 bits per heavy atom. The molecule has 0 radical (unpaired) electrons. The molecule has 0 aliphatic heterocycles. The molecule has 0 fully saturated rings. The predicted octanol–water partition coefficient (Wildman–Crippen LogP) is 2.85. The molecular formula is C11H7BrClN3O2. The van der Waals surface area contributed by atoms with Crippen LogP contribution in [0.1, 0.15) is 10.4 Å². The van der Waals surface area contributed by atoms with E-state index in [9.17, 15) is 9.90 Å². The zero-order valence-electron chi connectivity index (χ0n) is 8.89. The van der Waals surface area contributed by atoms with Crippen LogP contribution in [-0.4, -0.2) is 21.0 Å². The monoisotopic (exact) mass is 327 g/mol. The summed E-state index contributed by atoms with van der Waals surface area (Å²) in [6.07, 6.45) is 2.65. The average Bonchev–Trinajstić information content (AvgIpc) is 2.32. The van der Waals surface area contributed by atoms with E-state index < -0.39 is 5.91 Å². The van der Waals surface area contributed by atoms with E-state index in [4.69, 9.17) is 11.6 Å². The molecule has 0 spiro atoms. The lowest BCUT2D eigenvalue weighted by Gasteiger charge is -2.06. The van der Waals surface area contributed by atoms with Gasteiger partial charge in [0.1, 0.15) is 10.9 Å². The third-order valence-electron chi connectivity index (χ3n) is 2.07. The van der Waals surface area contributed by atoms with E-state index >= 15 is 0 Å². The number of carbonyl (C=O) groups is 1. The van der Waals surface area contributed by atoms with Crippen molar-refractivity contribution in [1.29, 1.82) is 0 Å². The van der Waals surface area contributed by atoms with Crippen molar-refractivity contribution in [3.05, 3.63) is 45.8 Å². The largest absolute Gasteiger partial charge is 0.507 e. The fourth-order valence-electron chi connectivity index (χ4n) is 1.26. The number of phenols is 1. The molecule has 5 nitrogen and oxygen atoms in total. The highest BCUT2D eigenvalue weighted by Crippen LogP contribution is 2.22. The van der Waals surface area contributed by atoms with Gasteiger partial charge in [-0.05, 0) is 18.2 Å². The van der Waals surface area contributed by atoms with Crippen molar-refractivity contribution in [2.75, 3.05) is 5.32 Å². The third-order valence-corrected chi connectivity index (χ3v) is 2.75. The second-order valence-corrected chi connectivity index (χ2v) is 4.64. The van der Waals surface area contributed by atoms with Crippen LogP contribution in [0.4, 0.5) is 5.82 Å². The zero-order valence-corrected chi connectivity index (χ0v) is 11.2. The lowest BCUT2D eigenvalue weighted by Crippen LogP contribution is -2.13. The van der Waals surface area contributed by atoms with Gasteiger partial charge in [-0.1, -0.05) is 27.5 Å². The number of amides is 1. The van der Waals surface area contributed by atoms with E-state index in [-0.39, 0.29) is 22.3 Å². The van der Waals surface area contributed by atoms with Crippen LogP contribution in [0.2, 0.25) is 5.15 Å². The van der Waals surface area contributed by atoms with Crippen molar-refractivity contribution in [3.8, 4) is 5.75 Å². The van der Waals surface area contributed by atoms with E-state index in [0.29, 0.717) is 4.47 Å². The molecule has 18 heavy (non-hydrogen) atoms. The normalized spacial score (nSPS) is 10.1. The van der Waals surface area contributed by atoms with Crippen molar-refractivity contribution in [2.45, 2.75) is 0 Å². The molecule has 0 bridgehead atoms. The number of nitrogens with zero attached hydrogens (tertiary/aromatic N) is 2. The number of anilines is 1. The van der Waals surface area contributed by atoms with Crippen LogP contribution in [0.25, 0.3) is 0 Å². The number of carbonyl (C=O) groups excluding carboxylic acids is 1. The molecule has 0 unspecified atom stereocenters. The van der Waals surface area contributed by atoms with Crippen LogP contribution in [0, 0.1) is 0 Å². The molecule has 1 aromatic heterocycles. The number of halogens is 2. The first-order valence-corrected chi connectivity index (χ1v) is 6.01. The highest BCUT2D eigenvalue weighted by molar-refractivity contribution is 9.10. The van der Waals surface area contributed by atoms with Gasteiger partial charge in [-0.3, -0.25) is 4.79 Å². The molecule has 0 aliphatic rings. The first-order chi connectivity index (χ1) is 8.56. The van der Waals surface area contributed by atoms with E-state index in [1.54, 1.807) is 6.07 Å². The van der Waals surface area contributed by atoms with Crippen molar-refractivity contribution >= 4 is 39.3 Å². The maximum atomic E-state index is 11.8. The molecule has 0 saturated carbocycles. The second-order valence-electron chi connectivity index (χ2n) is 3.34. The number of aromatic nitrogens is 2. The van der Waals surface area contributed by atoms with Gasteiger partial charge < -0.3 is 10.4 Å². The lowest BCUT2D eigenvalue weighted by atomic mass is 10.2. The van der Waals surface area contributed by atoms with Crippen molar-refractivity contribution in [1.82, 2.24) is 9.97 Å². The summed E-state index contributed by atoms with van der Waals surface area (Å²) in [5.74, 6) is -0.341. The zero-order chi connectivity index (χ0) is 13.1. The number of aromatic hydroxyl groups is 1. The molecule has 1 amide bonds.